The summed E-state index contributed by atoms with van der Waals surface area (Å²) < 4.78 is 68.5. The average molecular weight is 1490 g/mol. The fourth-order valence-electron chi connectivity index (χ4n) is 12.9. The second kappa shape index (κ2) is 74.5. The Morgan fingerprint density at radius 3 is 0.745 bits per heavy atom. The van der Waals surface area contributed by atoms with Crippen LogP contribution in [0.15, 0.2) is 0 Å². The zero-order chi connectivity index (χ0) is 74.9. The molecule has 3 unspecified atom stereocenters. The van der Waals surface area contributed by atoms with Crippen LogP contribution in [0.3, 0.4) is 0 Å². The number of esters is 4. The molecule has 0 rings (SSSR count). The van der Waals surface area contributed by atoms with Crippen LogP contribution in [0.5, 0.6) is 0 Å². The lowest BCUT2D eigenvalue weighted by Gasteiger charge is -2.21. The number of aliphatic hydroxyl groups is 1. The molecule has 0 amide bonds. The lowest BCUT2D eigenvalue weighted by Crippen LogP contribution is -2.30. The van der Waals surface area contributed by atoms with Gasteiger partial charge in [0.15, 0.2) is 12.2 Å². The van der Waals surface area contributed by atoms with Gasteiger partial charge in [-0.1, -0.05) is 388 Å². The van der Waals surface area contributed by atoms with E-state index in [-0.39, 0.29) is 25.7 Å². The van der Waals surface area contributed by atoms with Crippen LogP contribution in [-0.2, 0) is 65.4 Å². The first-order valence-electron chi connectivity index (χ1n) is 43.0. The Hall–Kier alpha value is -1.94. The van der Waals surface area contributed by atoms with E-state index in [0.29, 0.717) is 25.7 Å². The van der Waals surface area contributed by atoms with Gasteiger partial charge in [0, 0.05) is 25.7 Å². The van der Waals surface area contributed by atoms with Crippen molar-refractivity contribution in [1.82, 2.24) is 0 Å². The number of carbonyl (C=O) groups excluding carboxylic acids is 4. The summed E-state index contributed by atoms with van der Waals surface area (Å²) in [6.07, 6.45) is 65.7. The molecule has 17 nitrogen and oxygen atoms in total. The van der Waals surface area contributed by atoms with Gasteiger partial charge in [-0.3, -0.25) is 37.3 Å². The average Bonchev–Trinajstić information content (AvgIpc) is 0.991. The highest BCUT2D eigenvalue weighted by atomic mass is 31.2. The fraction of sp³-hybridized carbons (Fsp3) is 0.952. The molecule has 0 aromatic carbocycles. The number of hydrogen-bond donors (Lipinski definition) is 3. The van der Waals surface area contributed by atoms with Crippen LogP contribution in [0.1, 0.15) is 440 Å². The molecule has 0 fully saturated rings. The zero-order valence-corrected chi connectivity index (χ0v) is 68.7. The first-order chi connectivity index (χ1) is 49.4. The highest BCUT2D eigenvalue weighted by molar-refractivity contribution is 7.47. The molecule has 0 aromatic heterocycles. The Balaban J connectivity index is 5.11. The zero-order valence-electron chi connectivity index (χ0n) is 66.9. The van der Waals surface area contributed by atoms with Gasteiger partial charge in [0.2, 0.25) is 0 Å². The molecule has 0 aromatic rings. The van der Waals surface area contributed by atoms with E-state index in [4.69, 9.17) is 37.0 Å². The number of hydrogen-bond acceptors (Lipinski definition) is 15. The predicted molar refractivity (Wildman–Crippen MR) is 418 cm³/mol. The summed E-state index contributed by atoms with van der Waals surface area (Å²) in [7, 11) is -9.91. The number of carbonyl (C=O) groups is 4. The molecular weight excluding hydrogens is 1330 g/mol. The van der Waals surface area contributed by atoms with Crippen LogP contribution in [0.4, 0.5) is 0 Å². The van der Waals surface area contributed by atoms with Crippen LogP contribution >= 0.6 is 15.6 Å². The maximum atomic E-state index is 13.1. The third kappa shape index (κ3) is 74.9. The third-order valence-corrected chi connectivity index (χ3v) is 21.7. The Morgan fingerprint density at radius 1 is 0.284 bits per heavy atom. The summed E-state index contributed by atoms with van der Waals surface area (Å²) in [4.78, 5) is 72.8. The molecule has 0 saturated heterocycles. The minimum Gasteiger partial charge on any atom is -0.462 e. The molecule has 606 valence electrons. The summed E-state index contributed by atoms with van der Waals surface area (Å²) in [5, 5.41) is 10.6. The predicted octanol–water partition coefficient (Wildman–Crippen LogP) is 25.1. The van der Waals surface area contributed by atoms with Crippen molar-refractivity contribution in [2.45, 2.75) is 458 Å². The van der Waals surface area contributed by atoms with Crippen molar-refractivity contribution in [1.29, 1.82) is 0 Å². The lowest BCUT2D eigenvalue weighted by molar-refractivity contribution is -0.161. The molecule has 0 spiro atoms. The first kappa shape index (κ1) is 100. The molecule has 0 radical (unpaired) electrons. The number of unbranched alkanes of at least 4 members (excludes halogenated alkanes) is 51. The van der Waals surface area contributed by atoms with Gasteiger partial charge in [-0.05, 0) is 37.5 Å². The molecule has 0 aliphatic heterocycles. The highest BCUT2D eigenvalue weighted by Gasteiger charge is 2.30. The minimum atomic E-state index is -4.96. The van der Waals surface area contributed by atoms with Gasteiger partial charge in [-0.15, -0.1) is 0 Å². The molecule has 19 heteroatoms. The standard InChI is InChI=1S/C83H162O17P2/c1-7-10-12-14-15-16-17-18-19-20-21-22-23-24-25-26-34-39-44-49-55-62-68-83(88)100-79(72-94-81(86)66-60-54-48-43-38-33-30-28-32-37-42-47-53-58-64-76(6)9-3)74-98-102(91,92)96-70-77(84)69-95-101(89,90)97-73-78(71-93-80(85)65-59-51-13-11-8-2)99-82(87)67-61-56-50-45-40-35-29-27-31-36-41-46-52-57-63-75(4)5/h75-79,84H,7-74H2,1-6H3,(H,89,90)(H,91,92)/t76?,77-,78+,79+/m0/s1. The SMILES string of the molecule is CCCCCCCCCCCCCCCCCCCCCCCCC(=O)O[C@H](COC(=O)CCCCCCCCCCCCCCCCC(C)CC)COP(=O)(O)OC[C@@H](O)COP(=O)(O)OC[C@@H](COC(=O)CCCCCCC)OC(=O)CCCCCCCCCCCCCCCCC(C)C. The van der Waals surface area contributed by atoms with Gasteiger partial charge in [0.1, 0.15) is 19.3 Å². The second-order valence-electron chi connectivity index (χ2n) is 30.6. The van der Waals surface area contributed by atoms with E-state index < -0.39 is 97.5 Å². The van der Waals surface area contributed by atoms with E-state index in [0.717, 1.165) is 108 Å². The molecule has 0 bridgehead atoms. The van der Waals surface area contributed by atoms with Crippen molar-refractivity contribution in [2.24, 2.45) is 11.8 Å². The van der Waals surface area contributed by atoms with Crippen molar-refractivity contribution in [3.63, 3.8) is 0 Å². The molecular formula is C83H162O17P2. The molecule has 0 saturated carbocycles. The van der Waals surface area contributed by atoms with Gasteiger partial charge >= 0.3 is 39.5 Å². The summed E-state index contributed by atoms with van der Waals surface area (Å²) in [6.45, 7) is 9.63. The number of rotatable bonds is 82. The Kier molecular flexibility index (Phi) is 73.1. The summed E-state index contributed by atoms with van der Waals surface area (Å²) in [5.74, 6) is -0.473. The van der Waals surface area contributed by atoms with E-state index in [1.807, 2.05) is 0 Å². The normalized spacial score (nSPS) is 14.1. The van der Waals surface area contributed by atoms with Gasteiger partial charge in [0.05, 0.1) is 26.4 Å². The van der Waals surface area contributed by atoms with Gasteiger partial charge in [-0.2, -0.15) is 0 Å². The first-order valence-corrected chi connectivity index (χ1v) is 46.0. The van der Waals surface area contributed by atoms with Crippen molar-refractivity contribution in [3.8, 4) is 0 Å². The van der Waals surface area contributed by atoms with Crippen LogP contribution in [0.2, 0.25) is 0 Å². The highest BCUT2D eigenvalue weighted by Crippen LogP contribution is 2.45. The van der Waals surface area contributed by atoms with Crippen LogP contribution < -0.4 is 0 Å². The van der Waals surface area contributed by atoms with Crippen molar-refractivity contribution in [3.05, 3.63) is 0 Å². The summed E-state index contributed by atoms with van der Waals surface area (Å²) in [5.41, 5.74) is 0. The smallest absolute Gasteiger partial charge is 0.462 e. The van der Waals surface area contributed by atoms with E-state index in [9.17, 15) is 43.2 Å². The van der Waals surface area contributed by atoms with Crippen LogP contribution in [-0.4, -0.2) is 96.7 Å². The number of phosphoric ester groups is 2. The molecule has 3 N–H and O–H groups in total. The summed E-state index contributed by atoms with van der Waals surface area (Å²) in [6, 6.07) is 0. The molecule has 0 aliphatic rings. The number of phosphoric acid groups is 2. The van der Waals surface area contributed by atoms with Crippen LogP contribution in [0.25, 0.3) is 0 Å². The van der Waals surface area contributed by atoms with E-state index >= 15 is 0 Å². The van der Waals surface area contributed by atoms with Crippen molar-refractivity contribution in [2.75, 3.05) is 39.6 Å². The molecule has 102 heavy (non-hydrogen) atoms. The quantitative estimate of drug-likeness (QED) is 0.0222. The van der Waals surface area contributed by atoms with E-state index in [1.165, 1.54) is 250 Å². The number of aliphatic hydroxyl groups excluding tert-OH is 1. The Morgan fingerprint density at radius 2 is 0.500 bits per heavy atom. The van der Waals surface area contributed by atoms with Gasteiger partial charge in [0.25, 0.3) is 0 Å². The molecule has 6 atom stereocenters. The van der Waals surface area contributed by atoms with Gasteiger partial charge < -0.3 is 33.8 Å². The topological polar surface area (TPSA) is 237 Å². The minimum absolute atomic E-state index is 0.107. The van der Waals surface area contributed by atoms with Crippen molar-refractivity contribution >= 4 is 39.5 Å². The summed E-state index contributed by atoms with van der Waals surface area (Å²) >= 11 is 0. The molecule has 0 aliphatic carbocycles. The maximum absolute atomic E-state index is 13.1. The lowest BCUT2D eigenvalue weighted by atomic mass is 9.99. The van der Waals surface area contributed by atoms with E-state index in [2.05, 4.69) is 41.5 Å². The fourth-order valence-corrected chi connectivity index (χ4v) is 14.4. The van der Waals surface area contributed by atoms with Crippen molar-refractivity contribution < 1.29 is 80.2 Å². The number of ether oxygens (including phenoxy) is 4. The molecule has 0 heterocycles. The Bertz CT molecular complexity index is 1960. The van der Waals surface area contributed by atoms with Crippen LogP contribution in [0, 0.1) is 11.8 Å². The largest absolute Gasteiger partial charge is 0.472 e. The van der Waals surface area contributed by atoms with E-state index in [1.54, 1.807) is 0 Å². The monoisotopic (exact) mass is 1490 g/mol. The third-order valence-electron chi connectivity index (χ3n) is 19.8. The second-order valence-corrected chi connectivity index (χ2v) is 33.5. The van der Waals surface area contributed by atoms with Gasteiger partial charge in [-0.25, -0.2) is 9.13 Å². The Labute approximate surface area is 626 Å². The maximum Gasteiger partial charge on any atom is 0.472 e.